The number of hydrogen-bond donors (Lipinski definition) is 2. The molecule has 1 rings (SSSR count). The first-order chi connectivity index (χ1) is 8.77. The third-order valence-electron chi connectivity index (χ3n) is 2.80. The first-order valence-electron chi connectivity index (χ1n) is 6.70. The maximum absolute atomic E-state index is 6.10. The molecule has 0 radical (unpaired) electrons. The Labute approximate surface area is 119 Å². The number of imidazole rings is 1. The molecule has 3 nitrogen and oxygen atoms in total. The van der Waals surface area contributed by atoms with Gasteiger partial charge in [0.1, 0.15) is 5.82 Å². The molecule has 0 aliphatic heterocycles. The molecule has 0 aliphatic carbocycles. The molecule has 0 aromatic carbocycles. The van der Waals surface area contributed by atoms with Gasteiger partial charge in [0.15, 0.2) is 5.15 Å². The van der Waals surface area contributed by atoms with Crippen LogP contribution in [0.3, 0.4) is 0 Å². The zero-order valence-electron chi connectivity index (χ0n) is 11.4. The summed E-state index contributed by atoms with van der Waals surface area (Å²) >= 11 is 8.01. The lowest BCUT2D eigenvalue weighted by Crippen LogP contribution is -2.15. The number of unbranched alkanes of at least 4 members (excludes halogenated alkanes) is 2. The SMILES string of the molecule is CCCCc1nc(Cl)c(CNCCCCSC)[nH]1. The summed E-state index contributed by atoms with van der Waals surface area (Å²) in [5.41, 5.74) is 1.02. The van der Waals surface area contributed by atoms with E-state index in [-0.39, 0.29) is 0 Å². The van der Waals surface area contributed by atoms with Gasteiger partial charge in [-0.15, -0.1) is 0 Å². The predicted octanol–water partition coefficient (Wildman–Crippen LogP) is 3.64. The fourth-order valence-electron chi connectivity index (χ4n) is 1.73. The largest absolute Gasteiger partial charge is 0.344 e. The fraction of sp³-hybridized carbons (Fsp3) is 0.769. The van der Waals surface area contributed by atoms with Crippen molar-refractivity contribution in [1.82, 2.24) is 15.3 Å². The Kier molecular flexibility index (Phi) is 8.55. The highest BCUT2D eigenvalue weighted by Gasteiger charge is 2.07. The molecule has 0 amide bonds. The van der Waals surface area contributed by atoms with Crippen molar-refractivity contribution in [3.8, 4) is 0 Å². The van der Waals surface area contributed by atoms with Crippen LogP contribution >= 0.6 is 23.4 Å². The molecule has 0 saturated carbocycles. The van der Waals surface area contributed by atoms with Crippen LogP contribution in [0.5, 0.6) is 0 Å². The Balaban J connectivity index is 2.22. The average Bonchev–Trinajstić information content (AvgIpc) is 2.72. The van der Waals surface area contributed by atoms with Crippen LogP contribution in [0.2, 0.25) is 5.15 Å². The van der Waals surface area contributed by atoms with Gasteiger partial charge in [0.05, 0.1) is 5.69 Å². The maximum atomic E-state index is 6.10. The Bertz CT molecular complexity index is 328. The summed E-state index contributed by atoms with van der Waals surface area (Å²) in [4.78, 5) is 7.65. The average molecular weight is 290 g/mol. The van der Waals surface area contributed by atoms with Gasteiger partial charge in [-0.25, -0.2) is 4.98 Å². The van der Waals surface area contributed by atoms with Crippen LogP contribution in [0.4, 0.5) is 0 Å². The minimum Gasteiger partial charge on any atom is -0.344 e. The molecule has 0 spiro atoms. The molecule has 0 fully saturated rings. The summed E-state index contributed by atoms with van der Waals surface area (Å²) in [6.45, 7) is 4.01. The molecule has 2 N–H and O–H groups in total. The first kappa shape index (κ1) is 15.9. The van der Waals surface area contributed by atoms with E-state index in [0.717, 1.165) is 37.4 Å². The molecule has 104 valence electrons. The summed E-state index contributed by atoms with van der Waals surface area (Å²) in [6, 6.07) is 0. The third-order valence-corrected chi connectivity index (χ3v) is 3.81. The quantitative estimate of drug-likeness (QED) is 0.646. The second-order valence-electron chi connectivity index (χ2n) is 4.43. The molecule has 1 heterocycles. The van der Waals surface area contributed by atoms with Crippen molar-refractivity contribution in [3.05, 3.63) is 16.7 Å². The number of aryl methyl sites for hydroxylation is 1. The summed E-state index contributed by atoms with van der Waals surface area (Å²) in [5.74, 6) is 2.26. The van der Waals surface area contributed by atoms with Crippen molar-refractivity contribution in [2.75, 3.05) is 18.6 Å². The summed E-state index contributed by atoms with van der Waals surface area (Å²) in [5, 5.41) is 4.03. The van der Waals surface area contributed by atoms with Crippen molar-refractivity contribution >= 4 is 23.4 Å². The zero-order valence-corrected chi connectivity index (χ0v) is 13.0. The minimum atomic E-state index is 0.623. The zero-order chi connectivity index (χ0) is 13.2. The van der Waals surface area contributed by atoms with Gasteiger partial charge < -0.3 is 10.3 Å². The smallest absolute Gasteiger partial charge is 0.151 e. The number of halogens is 1. The number of nitrogens with one attached hydrogen (secondary N) is 2. The molecule has 0 saturated heterocycles. The van der Waals surface area contributed by atoms with E-state index in [0.29, 0.717) is 5.15 Å². The van der Waals surface area contributed by atoms with Crippen LogP contribution in [-0.4, -0.2) is 28.5 Å². The van der Waals surface area contributed by atoms with E-state index >= 15 is 0 Å². The number of H-pyrrole nitrogens is 1. The van der Waals surface area contributed by atoms with Crippen molar-refractivity contribution in [3.63, 3.8) is 0 Å². The molecule has 1 aromatic heterocycles. The van der Waals surface area contributed by atoms with Gasteiger partial charge in [0.25, 0.3) is 0 Å². The van der Waals surface area contributed by atoms with Crippen LogP contribution in [0.15, 0.2) is 0 Å². The lowest BCUT2D eigenvalue weighted by Gasteiger charge is -2.02. The third kappa shape index (κ3) is 6.12. The van der Waals surface area contributed by atoms with Gasteiger partial charge in [-0.05, 0) is 37.8 Å². The molecule has 18 heavy (non-hydrogen) atoms. The molecule has 0 bridgehead atoms. The van der Waals surface area contributed by atoms with Gasteiger partial charge in [0, 0.05) is 13.0 Å². The molecular formula is C13H24ClN3S. The second-order valence-corrected chi connectivity index (χ2v) is 5.78. The second kappa shape index (κ2) is 9.70. The molecule has 5 heteroatoms. The van der Waals surface area contributed by atoms with E-state index in [2.05, 4.69) is 28.5 Å². The van der Waals surface area contributed by atoms with Gasteiger partial charge in [-0.1, -0.05) is 24.9 Å². The number of hydrogen-bond acceptors (Lipinski definition) is 3. The maximum Gasteiger partial charge on any atom is 0.151 e. The number of aromatic nitrogens is 2. The van der Waals surface area contributed by atoms with Crippen LogP contribution < -0.4 is 5.32 Å². The van der Waals surface area contributed by atoms with Crippen molar-refractivity contribution in [2.45, 2.75) is 45.6 Å². The summed E-state index contributed by atoms with van der Waals surface area (Å²) < 4.78 is 0. The highest BCUT2D eigenvalue weighted by molar-refractivity contribution is 7.98. The normalized spacial score (nSPS) is 11.1. The Hall–Kier alpha value is -0.190. The van der Waals surface area contributed by atoms with Gasteiger partial charge in [-0.2, -0.15) is 11.8 Å². The van der Waals surface area contributed by atoms with Gasteiger partial charge in [0.2, 0.25) is 0 Å². The van der Waals surface area contributed by atoms with Crippen LogP contribution in [0.25, 0.3) is 0 Å². The molecule has 1 aromatic rings. The Morgan fingerprint density at radius 2 is 2.17 bits per heavy atom. The minimum absolute atomic E-state index is 0.623. The van der Waals surface area contributed by atoms with E-state index in [1.807, 2.05) is 11.8 Å². The van der Waals surface area contributed by atoms with E-state index in [1.165, 1.54) is 25.0 Å². The van der Waals surface area contributed by atoms with Gasteiger partial charge in [-0.3, -0.25) is 0 Å². The highest BCUT2D eigenvalue weighted by atomic mass is 35.5. The first-order valence-corrected chi connectivity index (χ1v) is 8.48. The fourth-order valence-corrected chi connectivity index (χ4v) is 2.44. The van der Waals surface area contributed by atoms with E-state index in [1.54, 1.807) is 0 Å². The van der Waals surface area contributed by atoms with E-state index < -0.39 is 0 Å². The highest BCUT2D eigenvalue weighted by Crippen LogP contribution is 2.13. The van der Waals surface area contributed by atoms with E-state index in [9.17, 15) is 0 Å². The monoisotopic (exact) mass is 289 g/mol. The van der Waals surface area contributed by atoms with Crippen molar-refractivity contribution in [1.29, 1.82) is 0 Å². The van der Waals surface area contributed by atoms with Crippen LogP contribution in [-0.2, 0) is 13.0 Å². The number of aromatic amines is 1. The van der Waals surface area contributed by atoms with E-state index in [4.69, 9.17) is 11.6 Å². The number of rotatable bonds is 10. The molecule has 0 aliphatic rings. The number of nitrogens with zero attached hydrogens (tertiary/aromatic N) is 1. The molecule has 0 unspecified atom stereocenters. The van der Waals surface area contributed by atoms with Crippen LogP contribution in [0, 0.1) is 0 Å². The summed E-state index contributed by atoms with van der Waals surface area (Å²) in [6.07, 6.45) is 7.97. The lowest BCUT2D eigenvalue weighted by atomic mass is 10.2. The Morgan fingerprint density at radius 1 is 1.33 bits per heavy atom. The van der Waals surface area contributed by atoms with Gasteiger partial charge >= 0.3 is 0 Å². The van der Waals surface area contributed by atoms with Crippen molar-refractivity contribution in [2.24, 2.45) is 0 Å². The predicted molar refractivity (Wildman–Crippen MR) is 81.5 cm³/mol. The molecular weight excluding hydrogens is 266 g/mol. The topological polar surface area (TPSA) is 40.7 Å². The Morgan fingerprint density at radius 3 is 2.89 bits per heavy atom. The lowest BCUT2D eigenvalue weighted by molar-refractivity contribution is 0.636. The molecule has 0 atom stereocenters. The standard InChI is InChI=1S/C13H24ClN3S/c1-3-4-7-12-16-11(13(14)17-12)10-15-8-5-6-9-18-2/h15H,3-10H2,1-2H3,(H,16,17). The summed E-state index contributed by atoms with van der Waals surface area (Å²) in [7, 11) is 0. The van der Waals surface area contributed by atoms with Crippen molar-refractivity contribution < 1.29 is 0 Å². The number of thioether (sulfide) groups is 1. The van der Waals surface area contributed by atoms with Crippen LogP contribution in [0.1, 0.15) is 44.1 Å².